The van der Waals surface area contributed by atoms with Crippen molar-refractivity contribution in [3.63, 3.8) is 0 Å². The van der Waals surface area contributed by atoms with Crippen LogP contribution in [-0.4, -0.2) is 40.8 Å². The Morgan fingerprint density at radius 2 is 2.43 bits per heavy atom. The minimum absolute atomic E-state index is 0.0936. The highest BCUT2D eigenvalue weighted by atomic mass is 16.6. The van der Waals surface area contributed by atoms with E-state index in [4.69, 9.17) is 9.84 Å². The summed E-state index contributed by atoms with van der Waals surface area (Å²) in [5.74, 6) is -0.957. The molecule has 0 radical (unpaired) electrons. The van der Waals surface area contributed by atoms with Crippen molar-refractivity contribution < 1.29 is 19.4 Å². The lowest BCUT2D eigenvalue weighted by Gasteiger charge is -2.36. The Kier molecular flexibility index (Phi) is 3.33. The number of carbonyl (C=O) groups excluding carboxylic acids is 1. The molecule has 0 saturated carbocycles. The molecule has 0 aromatic carbocycles. The molecule has 5 heteroatoms. The van der Waals surface area contributed by atoms with Crippen LogP contribution in [0.1, 0.15) is 26.7 Å². The number of hydrogen-bond acceptors (Lipinski definition) is 3. The minimum Gasteiger partial charge on any atom is -0.480 e. The first kappa shape index (κ1) is 10.8. The van der Waals surface area contributed by atoms with E-state index in [9.17, 15) is 9.59 Å². The maximum Gasteiger partial charge on any atom is 0.410 e. The zero-order valence-electron chi connectivity index (χ0n) is 8.40. The quantitative estimate of drug-likeness (QED) is 0.742. The van der Waals surface area contributed by atoms with Gasteiger partial charge in [0.2, 0.25) is 0 Å². The predicted octanol–water partition coefficient (Wildman–Crippen LogP) is 1.08. The standard InChI is InChI=1S/C9H15NO4/c1-3-6(2)10-7(8(11)12)4-5-14-9(10)13/h6-7H,3-5H2,1-2H3,(H,11,12). The van der Waals surface area contributed by atoms with Gasteiger partial charge in [0.05, 0.1) is 6.61 Å². The number of cyclic esters (lactones) is 1. The highest BCUT2D eigenvalue weighted by molar-refractivity contribution is 5.81. The van der Waals surface area contributed by atoms with Crippen LogP contribution in [0.4, 0.5) is 4.79 Å². The van der Waals surface area contributed by atoms with Gasteiger partial charge in [-0.05, 0) is 13.3 Å². The molecule has 2 unspecified atom stereocenters. The molecule has 1 aliphatic rings. The van der Waals surface area contributed by atoms with Gasteiger partial charge < -0.3 is 9.84 Å². The number of carboxylic acids is 1. The smallest absolute Gasteiger partial charge is 0.410 e. The number of aliphatic carboxylic acids is 1. The summed E-state index contributed by atoms with van der Waals surface area (Å²) < 4.78 is 4.82. The van der Waals surface area contributed by atoms with Crippen LogP contribution in [0.5, 0.6) is 0 Å². The SMILES string of the molecule is CCC(C)N1C(=O)OCCC1C(=O)O. The maximum atomic E-state index is 11.3. The maximum absolute atomic E-state index is 11.3. The number of carboxylic acid groups (broad SMARTS) is 1. The summed E-state index contributed by atoms with van der Waals surface area (Å²) >= 11 is 0. The van der Waals surface area contributed by atoms with E-state index in [1.165, 1.54) is 4.90 Å². The number of carbonyl (C=O) groups is 2. The first-order valence-corrected chi connectivity index (χ1v) is 4.75. The van der Waals surface area contributed by atoms with Gasteiger partial charge in [-0.2, -0.15) is 0 Å². The van der Waals surface area contributed by atoms with E-state index in [0.717, 1.165) is 6.42 Å². The molecule has 1 N–H and O–H groups in total. The van der Waals surface area contributed by atoms with E-state index in [1.807, 2.05) is 13.8 Å². The Bertz CT molecular complexity index is 241. The second kappa shape index (κ2) is 4.30. The summed E-state index contributed by atoms with van der Waals surface area (Å²) in [4.78, 5) is 23.5. The minimum atomic E-state index is -0.957. The van der Waals surface area contributed by atoms with Crippen LogP contribution >= 0.6 is 0 Å². The predicted molar refractivity (Wildman–Crippen MR) is 49.0 cm³/mol. The van der Waals surface area contributed by atoms with Gasteiger partial charge in [-0.25, -0.2) is 9.59 Å². The zero-order chi connectivity index (χ0) is 10.7. The summed E-state index contributed by atoms with van der Waals surface area (Å²) in [6.07, 6.45) is 0.572. The highest BCUT2D eigenvalue weighted by Gasteiger charge is 2.36. The average Bonchev–Trinajstić information content (AvgIpc) is 2.16. The van der Waals surface area contributed by atoms with Crippen LogP contribution in [0.15, 0.2) is 0 Å². The lowest BCUT2D eigenvalue weighted by atomic mass is 10.1. The van der Waals surface area contributed by atoms with E-state index in [-0.39, 0.29) is 12.6 Å². The van der Waals surface area contributed by atoms with Crippen molar-refractivity contribution >= 4 is 12.1 Å². The molecule has 0 bridgehead atoms. The molecule has 1 saturated heterocycles. The number of ether oxygens (including phenoxy) is 1. The largest absolute Gasteiger partial charge is 0.480 e. The number of rotatable bonds is 3. The fourth-order valence-electron chi connectivity index (χ4n) is 1.53. The molecular formula is C9H15NO4. The number of nitrogens with zero attached hydrogens (tertiary/aromatic N) is 1. The summed E-state index contributed by atoms with van der Waals surface area (Å²) in [5.41, 5.74) is 0. The van der Waals surface area contributed by atoms with Crippen molar-refractivity contribution in [1.82, 2.24) is 4.90 Å². The van der Waals surface area contributed by atoms with E-state index in [1.54, 1.807) is 0 Å². The second-order valence-electron chi connectivity index (χ2n) is 3.42. The number of amides is 1. The lowest BCUT2D eigenvalue weighted by Crippen LogP contribution is -2.53. The van der Waals surface area contributed by atoms with Crippen molar-refractivity contribution in [2.75, 3.05) is 6.61 Å². The molecule has 0 aromatic rings. The highest BCUT2D eigenvalue weighted by Crippen LogP contribution is 2.18. The van der Waals surface area contributed by atoms with Gasteiger partial charge in [0.1, 0.15) is 6.04 Å². The molecule has 2 atom stereocenters. The molecule has 80 valence electrons. The van der Waals surface area contributed by atoms with E-state index < -0.39 is 18.1 Å². The summed E-state index contributed by atoms with van der Waals surface area (Å²) in [6.45, 7) is 3.93. The number of hydrogen-bond donors (Lipinski definition) is 1. The van der Waals surface area contributed by atoms with Gasteiger partial charge in [-0.15, -0.1) is 0 Å². The van der Waals surface area contributed by atoms with Gasteiger partial charge in [0.25, 0.3) is 0 Å². The summed E-state index contributed by atoms with van der Waals surface area (Å²) in [7, 11) is 0. The monoisotopic (exact) mass is 201 g/mol. The Morgan fingerprint density at radius 3 is 2.93 bits per heavy atom. The molecule has 1 rings (SSSR count). The van der Waals surface area contributed by atoms with Crippen molar-refractivity contribution in [2.24, 2.45) is 0 Å². The third-order valence-corrected chi connectivity index (χ3v) is 2.51. The molecule has 1 fully saturated rings. The molecule has 1 aliphatic heterocycles. The molecular weight excluding hydrogens is 186 g/mol. The Hall–Kier alpha value is -1.26. The van der Waals surface area contributed by atoms with Crippen LogP contribution in [-0.2, 0) is 9.53 Å². The van der Waals surface area contributed by atoms with Crippen LogP contribution in [0.2, 0.25) is 0 Å². The van der Waals surface area contributed by atoms with Gasteiger partial charge in [-0.3, -0.25) is 4.90 Å². The molecule has 5 nitrogen and oxygen atoms in total. The van der Waals surface area contributed by atoms with Gasteiger partial charge in [-0.1, -0.05) is 6.92 Å². The van der Waals surface area contributed by atoms with Gasteiger partial charge in [0, 0.05) is 12.5 Å². The summed E-state index contributed by atoms with van der Waals surface area (Å²) in [6, 6.07) is -0.824. The van der Waals surface area contributed by atoms with E-state index in [0.29, 0.717) is 6.42 Å². The van der Waals surface area contributed by atoms with E-state index in [2.05, 4.69) is 0 Å². The first-order valence-electron chi connectivity index (χ1n) is 4.75. The molecule has 0 spiro atoms. The van der Waals surface area contributed by atoms with Crippen LogP contribution < -0.4 is 0 Å². The Balaban J connectivity index is 2.81. The summed E-state index contributed by atoms with van der Waals surface area (Å²) in [5, 5.41) is 8.92. The Morgan fingerprint density at radius 1 is 1.79 bits per heavy atom. The third kappa shape index (κ3) is 1.97. The van der Waals surface area contributed by atoms with Crippen molar-refractivity contribution in [3.05, 3.63) is 0 Å². The van der Waals surface area contributed by atoms with Gasteiger partial charge in [0.15, 0.2) is 0 Å². The Labute approximate surface area is 82.6 Å². The normalized spacial score (nSPS) is 24.3. The topological polar surface area (TPSA) is 66.8 Å². The van der Waals surface area contributed by atoms with Crippen molar-refractivity contribution in [2.45, 2.75) is 38.8 Å². The van der Waals surface area contributed by atoms with Crippen LogP contribution in [0, 0.1) is 0 Å². The molecule has 14 heavy (non-hydrogen) atoms. The molecule has 0 aliphatic carbocycles. The van der Waals surface area contributed by atoms with Crippen molar-refractivity contribution in [3.8, 4) is 0 Å². The third-order valence-electron chi connectivity index (χ3n) is 2.51. The lowest BCUT2D eigenvalue weighted by molar-refractivity contribution is -0.145. The van der Waals surface area contributed by atoms with Crippen molar-refractivity contribution in [1.29, 1.82) is 0 Å². The van der Waals surface area contributed by atoms with Crippen LogP contribution in [0.3, 0.4) is 0 Å². The molecule has 1 heterocycles. The first-order chi connectivity index (χ1) is 6.57. The second-order valence-corrected chi connectivity index (χ2v) is 3.42. The average molecular weight is 201 g/mol. The zero-order valence-corrected chi connectivity index (χ0v) is 8.40. The van der Waals surface area contributed by atoms with Gasteiger partial charge >= 0.3 is 12.1 Å². The fraction of sp³-hybridized carbons (Fsp3) is 0.778. The van der Waals surface area contributed by atoms with Crippen LogP contribution in [0.25, 0.3) is 0 Å². The molecule has 0 aromatic heterocycles. The fourth-order valence-corrected chi connectivity index (χ4v) is 1.53. The molecule has 1 amide bonds. The van der Waals surface area contributed by atoms with E-state index >= 15 is 0 Å².